The molecule has 0 aliphatic heterocycles. The van der Waals surface area contributed by atoms with Crippen LogP contribution >= 0.6 is 0 Å². The third kappa shape index (κ3) is 2.04. The minimum atomic E-state index is 0.429. The first kappa shape index (κ1) is 10.2. The zero-order valence-electron chi connectivity index (χ0n) is 9.01. The van der Waals surface area contributed by atoms with E-state index in [2.05, 4.69) is 16.4 Å². The highest BCUT2D eigenvalue weighted by atomic mass is 15.1. The number of hydrogen-bond donors (Lipinski definition) is 1. The van der Waals surface area contributed by atoms with Crippen molar-refractivity contribution in [3.8, 4) is 6.07 Å². The van der Waals surface area contributed by atoms with Crippen LogP contribution in [-0.4, -0.2) is 9.55 Å². The lowest BCUT2D eigenvalue weighted by molar-refractivity contribution is 0.903. The Hall–Kier alpha value is -2.28. The third-order valence-electron chi connectivity index (χ3n) is 2.35. The molecule has 4 nitrogen and oxygen atoms in total. The highest BCUT2D eigenvalue weighted by Crippen LogP contribution is 2.12. The van der Waals surface area contributed by atoms with Crippen LogP contribution in [0.25, 0.3) is 0 Å². The Kier molecular flexibility index (Phi) is 2.88. The van der Waals surface area contributed by atoms with Crippen LogP contribution in [0.3, 0.4) is 0 Å². The van der Waals surface area contributed by atoms with Gasteiger partial charge in [-0.2, -0.15) is 5.26 Å². The van der Waals surface area contributed by atoms with E-state index in [-0.39, 0.29) is 0 Å². The summed E-state index contributed by atoms with van der Waals surface area (Å²) < 4.78 is 1.81. The van der Waals surface area contributed by atoms with Crippen molar-refractivity contribution >= 4 is 5.82 Å². The van der Waals surface area contributed by atoms with Crippen LogP contribution in [0.1, 0.15) is 11.3 Å². The number of anilines is 1. The molecule has 0 saturated carbocycles. The number of aryl methyl sites for hydroxylation is 1. The average Bonchev–Trinajstić information content (AvgIpc) is 2.69. The molecule has 0 aliphatic carbocycles. The van der Waals surface area contributed by atoms with E-state index in [1.54, 1.807) is 6.33 Å². The highest BCUT2D eigenvalue weighted by molar-refractivity contribution is 5.49. The van der Waals surface area contributed by atoms with Crippen molar-refractivity contribution in [1.82, 2.24) is 9.55 Å². The summed E-state index contributed by atoms with van der Waals surface area (Å²) in [6.45, 7) is 0.690. The van der Waals surface area contributed by atoms with Crippen LogP contribution in [0.4, 0.5) is 5.82 Å². The SMILES string of the molecule is Cn1cnc(C#N)c1NCc1ccccc1. The van der Waals surface area contributed by atoms with E-state index in [0.717, 1.165) is 5.82 Å². The van der Waals surface area contributed by atoms with Crippen molar-refractivity contribution in [2.45, 2.75) is 6.54 Å². The first-order valence-corrected chi connectivity index (χ1v) is 5.00. The van der Waals surface area contributed by atoms with Crippen LogP contribution in [0.15, 0.2) is 36.7 Å². The molecule has 80 valence electrons. The Morgan fingerprint density at radius 1 is 1.38 bits per heavy atom. The number of benzene rings is 1. The molecule has 0 atom stereocenters. The molecule has 0 fully saturated rings. The normalized spacial score (nSPS) is 9.75. The third-order valence-corrected chi connectivity index (χ3v) is 2.35. The van der Waals surface area contributed by atoms with Gasteiger partial charge in [0, 0.05) is 13.6 Å². The van der Waals surface area contributed by atoms with Crippen LogP contribution in [0, 0.1) is 11.3 Å². The van der Waals surface area contributed by atoms with E-state index >= 15 is 0 Å². The van der Waals surface area contributed by atoms with Crippen molar-refractivity contribution in [3.63, 3.8) is 0 Å². The lowest BCUT2D eigenvalue weighted by atomic mass is 10.2. The summed E-state index contributed by atoms with van der Waals surface area (Å²) in [6, 6.07) is 12.1. The van der Waals surface area contributed by atoms with E-state index in [4.69, 9.17) is 5.26 Å². The predicted octanol–water partition coefficient (Wildman–Crippen LogP) is 1.90. The molecule has 0 spiro atoms. The van der Waals surface area contributed by atoms with Gasteiger partial charge in [-0.15, -0.1) is 0 Å². The van der Waals surface area contributed by atoms with Crippen molar-refractivity contribution in [2.24, 2.45) is 7.05 Å². The van der Waals surface area contributed by atoms with Gasteiger partial charge in [0.05, 0.1) is 6.33 Å². The van der Waals surface area contributed by atoms with Gasteiger partial charge in [0.1, 0.15) is 11.9 Å². The molecule has 1 heterocycles. The lowest BCUT2D eigenvalue weighted by Crippen LogP contribution is -2.04. The van der Waals surface area contributed by atoms with Crippen molar-refractivity contribution in [2.75, 3.05) is 5.32 Å². The Morgan fingerprint density at radius 3 is 2.81 bits per heavy atom. The number of hydrogen-bond acceptors (Lipinski definition) is 3. The van der Waals surface area contributed by atoms with Gasteiger partial charge < -0.3 is 9.88 Å². The van der Waals surface area contributed by atoms with Crippen LogP contribution in [0.2, 0.25) is 0 Å². The van der Waals surface area contributed by atoms with Crippen LogP contribution in [0.5, 0.6) is 0 Å². The molecule has 2 rings (SSSR count). The molecule has 0 unspecified atom stereocenters. The van der Waals surface area contributed by atoms with Crippen LogP contribution < -0.4 is 5.32 Å². The molecule has 0 amide bonds. The monoisotopic (exact) mass is 212 g/mol. The minimum Gasteiger partial charge on any atom is -0.365 e. The van der Waals surface area contributed by atoms with Gasteiger partial charge in [0.25, 0.3) is 0 Å². The van der Waals surface area contributed by atoms with E-state index in [9.17, 15) is 0 Å². The molecule has 4 heteroatoms. The molecule has 1 aromatic heterocycles. The second kappa shape index (κ2) is 4.49. The summed E-state index contributed by atoms with van der Waals surface area (Å²) in [5, 5.41) is 12.1. The van der Waals surface area contributed by atoms with Gasteiger partial charge in [0.15, 0.2) is 5.69 Å². The Morgan fingerprint density at radius 2 is 2.12 bits per heavy atom. The molecule has 0 radical (unpaired) electrons. The van der Waals surface area contributed by atoms with Crippen molar-refractivity contribution in [3.05, 3.63) is 47.9 Å². The van der Waals surface area contributed by atoms with Gasteiger partial charge in [-0.1, -0.05) is 30.3 Å². The number of nitrogens with one attached hydrogen (secondary N) is 1. The zero-order valence-corrected chi connectivity index (χ0v) is 9.01. The topological polar surface area (TPSA) is 53.6 Å². The quantitative estimate of drug-likeness (QED) is 0.845. The van der Waals surface area contributed by atoms with E-state index in [1.165, 1.54) is 5.56 Å². The maximum Gasteiger partial charge on any atom is 0.182 e. The molecule has 0 bridgehead atoms. The lowest BCUT2D eigenvalue weighted by Gasteiger charge is -2.06. The number of aromatic nitrogens is 2. The standard InChI is InChI=1S/C12H12N4/c1-16-9-15-11(7-13)12(16)14-8-10-5-3-2-4-6-10/h2-6,9,14H,8H2,1H3. The summed E-state index contributed by atoms with van der Waals surface area (Å²) in [6.07, 6.45) is 1.63. The summed E-state index contributed by atoms with van der Waals surface area (Å²) in [4.78, 5) is 3.99. The Bertz CT molecular complexity index is 508. The number of rotatable bonds is 3. The van der Waals surface area contributed by atoms with Crippen LogP contribution in [-0.2, 0) is 13.6 Å². The minimum absolute atomic E-state index is 0.429. The first-order chi connectivity index (χ1) is 7.81. The van der Waals surface area contributed by atoms with Crippen molar-refractivity contribution in [1.29, 1.82) is 5.26 Å². The maximum atomic E-state index is 8.86. The number of imidazole rings is 1. The fourth-order valence-corrected chi connectivity index (χ4v) is 1.50. The fraction of sp³-hybridized carbons (Fsp3) is 0.167. The van der Waals surface area contributed by atoms with Gasteiger partial charge >= 0.3 is 0 Å². The number of nitriles is 1. The van der Waals surface area contributed by atoms with E-state index in [0.29, 0.717) is 12.2 Å². The molecule has 0 saturated heterocycles. The number of nitrogens with zero attached hydrogens (tertiary/aromatic N) is 3. The Labute approximate surface area is 94.2 Å². The molecule has 2 aromatic rings. The molecule has 16 heavy (non-hydrogen) atoms. The molecule has 1 aromatic carbocycles. The van der Waals surface area contributed by atoms with Gasteiger partial charge in [-0.25, -0.2) is 4.98 Å². The second-order valence-electron chi connectivity index (χ2n) is 3.50. The highest BCUT2D eigenvalue weighted by Gasteiger charge is 2.06. The van der Waals surface area contributed by atoms with E-state index in [1.807, 2.05) is 41.9 Å². The summed E-state index contributed by atoms with van der Waals surface area (Å²) in [5.41, 5.74) is 1.60. The predicted molar refractivity (Wildman–Crippen MR) is 61.7 cm³/mol. The zero-order chi connectivity index (χ0) is 11.4. The van der Waals surface area contributed by atoms with Gasteiger partial charge in [-0.05, 0) is 5.56 Å². The van der Waals surface area contributed by atoms with Crippen molar-refractivity contribution < 1.29 is 0 Å². The molecule has 0 aliphatic rings. The fourth-order valence-electron chi connectivity index (χ4n) is 1.50. The smallest absolute Gasteiger partial charge is 0.182 e. The Balaban J connectivity index is 2.11. The largest absolute Gasteiger partial charge is 0.365 e. The van der Waals surface area contributed by atoms with E-state index < -0.39 is 0 Å². The molecular formula is C12H12N4. The first-order valence-electron chi connectivity index (χ1n) is 5.00. The average molecular weight is 212 g/mol. The molecule has 1 N–H and O–H groups in total. The van der Waals surface area contributed by atoms with Gasteiger partial charge in [-0.3, -0.25) is 0 Å². The molecular weight excluding hydrogens is 200 g/mol. The maximum absolute atomic E-state index is 8.86. The summed E-state index contributed by atoms with van der Waals surface area (Å²) in [7, 11) is 1.86. The second-order valence-corrected chi connectivity index (χ2v) is 3.50. The summed E-state index contributed by atoms with van der Waals surface area (Å²) in [5.74, 6) is 0.756. The van der Waals surface area contributed by atoms with Gasteiger partial charge in [0.2, 0.25) is 0 Å². The summed E-state index contributed by atoms with van der Waals surface area (Å²) >= 11 is 0.